The van der Waals surface area contributed by atoms with Crippen LogP contribution in [0.2, 0.25) is 0 Å². The van der Waals surface area contributed by atoms with E-state index in [1.165, 1.54) is 6.07 Å². The zero-order valence-electron chi connectivity index (χ0n) is 8.25. The van der Waals surface area contributed by atoms with Gasteiger partial charge in [-0.3, -0.25) is 0 Å². The Morgan fingerprint density at radius 1 is 1.53 bits per heavy atom. The van der Waals surface area contributed by atoms with E-state index in [0.29, 0.717) is 4.47 Å². The highest BCUT2D eigenvalue weighted by Crippen LogP contribution is 2.27. The van der Waals surface area contributed by atoms with Crippen LogP contribution in [-0.4, -0.2) is 17.2 Å². The molecule has 1 N–H and O–H groups in total. The van der Waals surface area contributed by atoms with Crippen molar-refractivity contribution in [2.45, 2.75) is 20.0 Å². The first-order valence-corrected chi connectivity index (χ1v) is 5.10. The number of carboxylic acids is 1. The smallest absolute Gasteiger partial charge is 0.336 e. The van der Waals surface area contributed by atoms with Crippen LogP contribution < -0.4 is 4.74 Å². The monoisotopic (exact) mass is 276 g/mol. The molecule has 0 aromatic heterocycles. The van der Waals surface area contributed by atoms with Crippen molar-refractivity contribution in [1.82, 2.24) is 0 Å². The highest BCUT2D eigenvalue weighted by molar-refractivity contribution is 9.10. The molecule has 82 valence electrons. The SMILES string of the molecule is CC(C)Oc1cc(Br)c(C(=O)O)cc1F. The van der Waals surface area contributed by atoms with Gasteiger partial charge in [0.25, 0.3) is 0 Å². The molecule has 0 aliphatic rings. The van der Waals surface area contributed by atoms with Crippen LogP contribution in [0.15, 0.2) is 16.6 Å². The van der Waals surface area contributed by atoms with Crippen molar-refractivity contribution < 1.29 is 19.0 Å². The predicted octanol–water partition coefficient (Wildman–Crippen LogP) is 3.07. The molecule has 0 aliphatic carbocycles. The van der Waals surface area contributed by atoms with E-state index < -0.39 is 11.8 Å². The van der Waals surface area contributed by atoms with Gasteiger partial charge in [-0.05, 0) is 41.9 Å². The lowest BCUT2D eigenvalue weighted by atomic mass is 10.2. The summed E-state index contributed by atoms with van der Waals surface area (Å²) in [5.74, 6) is -1.82. The third kappa shape index (κ3) is 2.92. The zero-order valence-corrected chi connectivity index (χ0v) is 9.84. The maximum Gasteiger partial charge on any atom is 0.336 e. The fraction of sp³-hybridized carbons (Fsp3) is 0.300. The Morgan fingerprint density at radius 2 is 2.13 bits per heavy atom. The minimum absolute atomic E-state index is 0.0434. The minimum Gasteiger partial charge on any atom is -0.488 e. The van der Waals surface area contributed by atoms with Gasteiger partial charge in [0.1, 0.15) is 0 Å². The minimum atomic E-state index is -1.18. The third-order valence-electron chi connectivity index (χ3n) is 1.61. The van der Waals surface area contributed by atoms with Crippen LogP contribution in [0, 0.1) is 5.82 Å². The summed E-state index contributed by atoms with van der Waals surface area (Å²) in [7, 11) is 0. The number of hydrogen-bond donors (Lipinski definition) is 1. The van der Waals surface area contributed by atoms with E-state index in [4.69, 9.17) is 9.84 Å². The Bertz CT molecular complexity index is 390. The molecule has 0 spiro atoms. The van der Waals surface area contributed by atoms with Crippen molar-refractivity contribution in [2.24, 2.45) is 0 Å². The van der Waals surface area contributed by atoms with E-state index in [9.17, 15) is 9.18 Å². The molecule has 0 saturated heterocycles. The molecular weight excluding hydrogens is 267 g/mol. The number of carbonyl (C=O) groups is 1. The van der Waals surface area contributed by atoms with Gasteiger partial charge < -0.3 is 9.84 Å². The molecule has 0 unspecified atom stereocenters. The summed E-state index contributed by atoms with van der Waals surface area (Å²) in [5, 5.41) is 8.73. The Morgan fingerprint density at radius 3 is 2.60 bits per heavy atom. The normalized spacial score (nSPS) is 10.5. The molecule has 1 aromatic carbocycles. The molecule has 0 aliphatic heterocycles. The number of carboxylic acid groups (broad SMARTS) is 1. The Labute approximate surface area is 95.0 Å². The molecule has 0 bridgehead atoms. The Kier molecular flexibility index (Phi) is 3.68. The molecule has 5 heteroatoms. The quantitative estimate of drug-likeness (QED) is 0.923. The molecule has 1 aromatic rings. The molecule has 0 amide bonds. The van der Waals surface area contributed by atoms with E-state index in [-0.39, 0.29) is 17.4 Å². The maximum absolute atomic E-state index is 13.3. The molecule has 15 heavy (non-hydrogen) atoms. The second kappa shape index (κ2) is 4.61. The van der Waals surface area contributed by atoms with Gasteiger partial charge in [-0.1, -0.05) is 0 Å². The van der Waals surface area contributed by atoms with E-state index in [1.54, 1.807) is 13.8 Å². The standard InChI is InChI=1S/C10H10BrFO3/c1-5(2)15-9-4-7(11)6(10(13)14)3-8(9)12/h3-5H,1-2H3,(H,13,14). The van der Waals surface area contributed by atoms with E-state index in [1.807, 2.05) is 0 Å². The topological polar surface area (TPSA) is 46.5 Å². The number of benzene rings is 1. The highest BCUT2D eigenvalue weighted by atomic mass is 79.9. The molecule has 0 atom stereocenters. The summed E-state index contributed by atoms with van der Waals surface area (Å²) in [6.45, 7) is 3.52. The zero-order chi connectivity index (χ0) is 11.6. The number of rotatable bonds is 3. The highest BCUT2D eigenvalue weighted by Gasteiger charge is 2.14. The summed E-state index contributed by atoms with van der Waals surface area (Å²) in [5.41, 5.74) is -0.122. The summed E-state index contributed by atoms with van der Waals surface area (Å²) in [6.07, 6.45) is -0.165. The van der Waals surface area contributed by atoms with Crippen molar-refractivity contribution in [3.05, 3.63) is 28.0 Å². The molecule has 0 saturated carbocycles. The van der Waals surface area contributed by atoms with Crippen molar-refractivity contribution >= 4 is 21.9 Å². The Hall–Kier alpha value is -1.10. The van der Waals surface area contributed by atoms with Gasteiger partial charge in [0, 0.05) is 4.47 Å². The lowest BCUT2D eigenvalue weighted by Gasteiger charge is -2.11. The van der Waals surface area contributed by atoms with Gasteiger partial charge in [-0.25, -0.2) is 9.18 Å². The average molecular weight is 277 g/mol. The first kappa shape index (κ1) is 12.0. The third-order valence-corrected chi connectivity index (χ3v) is 2.27. The molecule has 0 heterocycles. The summed E-state index contributed by atoms with van der Waals surface area (Å²) >= 11 is 3.04. The molecule has 0 fully saturated rings. The molecule has 0 radical (unpaired) electrons. The lowest BCUT2D eigenvalue weighted by Crippen LogP contribution is -2.08. The maximum atomic E-state index is 13.3. The van der Waals surface area contributed by atoms with Gasteiger partial charge in [-0.2, -0.15) is 0 Å². The number of ether oxygens (including phenoxy) is 1. The van der Waals surface area contributed by atoms with Gasteiger partial charge in [0.15, 0.2) is 11.6 Å². The average Bonchev–Trinajstić information content (AvgIpc) is 2.09. The van der Waals surface area contributed by atoms with Crippen LogP contribution in [0.4, 0.5) is 4.39 Å². The van der Waals surface area contributed by atoms with E-state index in [0.717, 1.165) is 6.07 Å². The van der Waals surface area contributed by atoms with Crippen LogP contribution in [0.5, 0.6) is 5.75 Å². The second-order valence-electron chi connectivity index (χ2n) is 3.23. The van der Waals surface area contributed by atoms with E-state index >= 15 is 0 Å². The van der Waals surface area contributed by atoms with Crippen molar-refractivity contribution in [1.29, 1.82) is 0 Å². The van der Waals surface area contributed by atoms with Crippen LogP contribution >= 0.6 is 15.9 Å². The summed E-state index contributed by atoms with van der Waals surface area (Å²) < 4.78 is 18.8. The Balaban J connectivity index is 3.13. The second-order valence-corrected chi connectivity index (χ2v) is 4.09. The summed E-state index contributed by atoms with van der Waals surface area (Å²) in [4.78, 5) is 10.7. The van der Waals surface area contributed by atoms with E-state index in [2.05, 4.69) is 15.9 Å². The van der Waals surface area contributed by atoms with Crippen molar-refractivity contribution in [3.8, 4) is 5.75 Å². The van der Waals surface area contributed by atoms with Crippen LogP contribution in [0.25, 0.3) is 0 Å². The number of halogens is 2. The van der Waals surface area contributed by atoms with Crippen LogP contribution in [0.3, 0.4) is 0 Å². The lowest BCUT2D eigenvalue weighted by molar-refractivity contribution is 0.0695. The predicted molar refractivity (Wildman–Crippen MR) is 56.8 cm³/mol. The molecular formula is C10H10BrFO3. The largest absolute Gasteiger partial charge is 0.488 e. The number of aromatic carboxylic acids is 1. The fourth-order valence-electron chi connectivity index (χ4n) is 1.04. The van der Waals surface area contributed by atoms with Crippen molar-refractivity contribution in [3.63, 3.8) is 0 Å². The van der Waals surface area contributed by atoms with Crippen LogP contribution in [-0.2, 0) is 0 Å². The number of hydrogen-bond acceptors (Lipinski definition) is 2. The van der Waals surface area contributed by atoms with Gasteiger partial charge >= 0.3 is 5.97 Å². The van der Waals surface area contributed by atoms with Gasteiger partial charge in [0.05, 0.1) is 11.7 Å². The first-order chi connectivity index (χ1) is 6.91. The van der Waals surface area contributed by atoms with Gasteiger partial charge in [0.2, 0.25) is 0 Å². The first-order valence-electron chi connectivity index (χ1n) is 4.30. The molecule has 1 rings (SSSR count). The van der Waals surface area contributed by atoms with Gasteiger partial charge in [-0.15, -0.1) is 0 Å². The van der Waals surface area contributed by atoms with Crippen molar-refractivity contribution in [2.75, 3.05) is 0 Å². The van der Waals surface area contributed by atoms with Crippen LogP contribution in [0.1, 0.15) is 24.2 Å². The molecule has 3 nitrogen and oxygen atoms in total. The fourth-order valence-corrected chi connectivity index (χ4v) is 1.53. The summed E-state index contributed by atoms with van der Waals surface area (Å²) in [6, 6.07) is 2.25.